The molecule has 638 valence electrons. The van der Waals surface area contributed by atoms with Crippen LogP contribution in [0.4, 0.5) is 0 Å². The molecule has 0 saturated carbocycles. The van der Waals surface area contributed by atoms with E-state index in [0.717, 1.165) is 67.5 Å². The fraction of sp³-hybridized carbons (Fsp3) is 0.591. The van der Waals surface area contributed by atoms with E-state index >= 15 is 0 Å². The van der Waals surface area contributed by atoms with Crippen molar-refractivity contribution >= 4 is 35.2 Å². The summed E-state index contributed by atoms with van der Waals surface area (Å²) in [4.78, 5) is 0. The molecule has 0 aliphatic heterocycles. The molecule has 6 aromatic carbocycles. The predicted octanol–water partition coefficient (Wildman–Crippen LogP) is 21.1. The first-order valence-electron chi connectivity index (χ1n) is 38.4. The van der Waals surface area contributed by atoms with Gasteiger partial charge in [0.05, 0.1) is 54.4 Å². The smallest absolute Gasteiger partial charge is 0.508 e. The molecule has 0 aromatic heterocycles. The molecular formula is C88H151ClO20Si2. The summed E-state index contributed by atoms with van der Waals surface area (Å²) in [5.41, 5.74) is 12.9. The van der Waals surface area contributed by atoms with Gasteiger partial charge in [0.2, 0.25) is 0 Å². The minimum absolute atomic E-state index is 0. The lowest BCUT2D eigenvalue weighted by molar-refractivity contribution is -0.0617. The topological polar surface area (TPSA) is 196 Å². The van der Waals surface area contributed by atoms with Gasteiger partial charge >= 0.3 is 17.6 Å². The Balaban J connectivity index is -0.000000616. The molecule has 0 amide bonds. The van der Waals surface area contributed by atoms with Crippen molar-refractivity contribution in [3.8, 4) is 51.7 Å². The first kappa shape index (κ1) is 111. The maximum Gasteiger partial charge on any atom is 0.540 e. The van der Waals surface area contributed by atoms with Crippen molar-refractivity contribution in [3.63, 3.8) is 0 Å². The minimum atomic E-state index is -2.85. The summed E-state index contributed by atoms with van der Waals surface area (Å²) < 4.78 is 105. The predicted molar refractivity (Wildman–Crippen MR) is 462 cm³/mol. The second kappa shape index (κ2) is 63.2. The monoisotopic (exact) mass is 1620 g/mol. The van der Waals surface area contributed by atoms with Gasteiger partial charge in [-0.15, -0.1) is 12.4 Å². The Morgan fingerprint density at radius 2 is 0.658 bits per heavy atom. The largest absolute Gasteiger partial charge is 0.540 e. The zero-order valence-electron chi connectivity index (χ0n) is 74.0. The van der Waals surface area contributed by atoms with Crippen LogP contribution in [0, 0.1) is 53.4 Å². The van der Waals surface area contributed by atoms with Crippen LogP contribution in [0.2, 0.25) is 0 Å². The van der Waals surface area contributed by atoms with Gasteiger partial charge in [0.15, 0.2) is 53.3 Å². The van der Waals surface area contributed by atoms with Gasteiger partial charge in [-0.3, -0.25) is 0 Å². The summed E-state index contributed by atoms with van der Waals surface area (Å²) >= 11 is 0. The second-order valence-corrected chi connectivity index (χ2v) is 31.4. The molecule has 2 unspecified atom stereocenters. The third-order valence-corrected chi connectivity index (χ3v) is 21.3. The van der Waals surface area contributed by atoms with Gasteiger partial charge < -0.3 is 93.2 Å². The third kappa shape index (κ3) is 41.6. The molecule has 0 fully saturated rings. The summed E-state index contributed by atoms with van der Waals surface area (Å²) in [6.07, 6.45) is -0.236. The van der Waals surface area contributed by atoms with E-state index in [-0.39, 0.29) is 38.6 Å². The number of phenols is 1. The van der Waals surface area contributed by atoms with Crippen LogP contribution in [0.15, 0.2) is 91.0 Å². The van der Waals surface area contributed by atoms with Crippen LogP contribution < -0.4 is 43.1 Å². The number of methoxy groups -OCH3 is 6. The third-order valence-electron chi connectivity index (χ3n) is 15.6. The molecular weight excluding hydrogens is 1470 g/mol. The summed E-state index contributed by atoms with van der Waals surface area (Å²) in [7, 11) is 9.05. The molecule has 0 spiro atoms. The van der Waals surface area contributed by atoms with E-state index in [1.165, 1.54) is 33.4 Å². The zero-order chi connectivity index (χ0) is 83.4. The van der Waals surface area contributed by atoms with Crippen molar-refractivity contribution in [3.05, 3.63) is 152 Å². The highest BCUT2D eigenvalue weighted by Crippen LogP contribution is 2.34. The molecule has 23 heteroatoms. The molecule has 2 atom stereocenters. The minimum Gasteiger partial charge on any atom is -0.508 e. The maximum atomic E-state index is 9.30. The van der Waals surface area contributed by atoms with Crippen molar-refractivity contribution in [2.24, 2.45) is 11.8 Å². The van der Waals surface area contributed by atoms with Gasteiger partial charge in [0.1, 0.15) is 17.2 Å². The molecule has 0 saturated heterocycles. The zero-order valence-corrected chi connectivity index (χ0v) is 76.8. The van der Waals surface area contributed by atoms with Crippen molar-refractivity contribution in [2.75, 3.05) is 116 Å². The Labute approximate surface area is 681 Å². The van der Waals surface area contributed by atoms with E-state index in [2.05, 4.69) is 81.4 Å². The summed E-state index contributed by atoms with van der Waals surface area (Å²) in [6.45, 7) is 57.0. The number of phenolic OH excluding ortho intramolecular Hbond substituents is 1. The SMILES string of the molecule is C.CC.CC.CCOC(C)Oc1cc(C)c(C(C)C)c(C)c1.CCOC(C)Oc1cc(C)c([Si](OC)(OC)OC)c(C)c1.CCO[Si](COc1ccc(COC)cc1OC)(OCC)OCC.COCc1ccc(OCC(C)C)c(OC)c1.COCc1ccc(OCC(C)C)c(OC)c1.Cc1cc(O)cc(C)c1C(C)C.Cl. The van der Waals surface area contributed by atoms with E-state index in [1.54, 1.807) is 64.0 Å². The van der Waals surface area contributed by atoms with Crippen LogP contribution in [0.25, 0.3) is 0 Å². The van der Waals surface area contributed by atoms with Crippen LogP contribution in [-0.2, 0) is 70.1 Å². The molecule has 111 heavy (non-hydrogen) atoms. The van der Waals surface area contributed by atoms with E-state index < -0.39 is 17.6 Å². The number of rotatable bonds is 38. The highest BCUT2D eigenvalue weighted by molar-refractivity contribution is 6.76. The number of aromatic hydroxyl groups is 1. The van der Waals surface area contributed by atoms with Crippen LogP contribution in [-0.4, -0.2) is 152 Å². The fourth-order valence-corrected chi connectivity index (χ4v) is 16.0. The van der Waals surface area contributed by atoms with Gasteiger partial charge in [-0.05, 0) is 248 Å². The van der Waals surface area contributed by atoms with Crippen molar-refractivity contribution < 1.29 is 93.2 Å². The number of ether oxygens (including phenoxy) is 13. The van der Waals surface area contributed by atoms with Crippen molar-refractivity contribution in [1.82, 2.24) is 0 Å². The fourth-order valence-electron chi connectivity index (χ4n) is 11.6. The molecule has 0 aliphatic carbocycles. The van der Waals surface area contributed by atoms with E-state index in [4.69, 9.17) is 88.1 Å². The van der Waals surface area contributed by atoms with E-state index in [9.17, 15) is 5.11 Å². The van der Waals surface area contributed by atoms with Gasteiger partial charge in [-0.2, -0.15) is 0 Å². The van der Waals surface area contributed by atoms with Crippen LogP contribution in [0.5, 0.6) is 51.7 Å². The van der Waals surface area contributed by atoms with Crippen molar-refractivity contribution in [1.29, 1.82) is 0 Å². The maximum absolute atomic E-state index is 9.30. The second-order valence-electron chi connectivity index (χ2n) is 26.1. The average Bonchev–Trinajstić information content (AvgIpc) is 0.782. The Bertz CT molecular complexity index is 3190. The Morgan fingerprint density at radius 1 is 0.369 bits per heavy atom. The van der Waals surface area contributed by atoms with Crippen LogP contribution in [0.1, 0.15) is 212 Å². The number of aryl methyl sites for hydroxylation is 6. The van der Waals surface area contributed by atoms with E-state index in [1.807, 2.05) is 183 Å². The number of hydrogen-bond donors (Lipinski definition) is 1. The van der Waals surface area contributed by atoms with Gasteiger partial charge in [-0.1, -0.05) is 109 Å². The molecule has 6 rings (SSSR count). The Morgan fingerprint density at radius 3 is 0.910 bits per heavy atom. The number of hydrogen-bond acceptors (Lipinski definition) is 20. The van der Waals surface area contributed by atoms with Crippen LogP contribution in [0.3, 0.4) is 0 Å². The Kier molecular flexibility index (Phi) is 63.2. The summed E-state index contributed by atoms with van der Waals surface area (Å²) in [6, 6.07) is 29.1. The lowest BCUT2D eigenvalue weighted by Gasteiger charge is -2.28. The summed E-state index contributed by atoms with van der Waals surface area (Å²) in [5.74, 6) is 8.49. The first-order chi connectivity index (χ1) is 51.9. The highest BCUT2D eigenvalue weighted by atomic mass is 35.5. The average molecular weight is 1620 g/mol. The summed E-state index contributed by atoms with van der Waals surface area (Å²) in [5, 5.41) is 10.3. The van der Waals surface area contributed by atoms with Gasteiger partial charge in [0.25, 0.3) is 0 Å². The first-order valence-corrected chi connectivity index (χ1v) is 42.1. The lowest BCUT2D eigenvalue weighted by Crippen LogP contribution is -2.56. The molecule has 0 bridgehead atoms. The number of benzene rings is 6. The lowest BCUT2D eigenvalue weighted by atomic mass is 9.93. The normalized spacial score (nSPS) is 11.2. The molecule has 0 heterocycles. The molecule has 20 nitrogen and oxygen atoms in total. The number of halogens is 1. The molecule has 6 aromatic rings. The molecule has 1 N–H and O–H groups in total. The standard InChI is InChI=1S/C16H28O6Si.C15H26O5Si.C15H24O2.2C13H20O3.C11H16O.2C2H6.CH4.ClH/c1-6-20-23(21-7-2,22-8-3)13-19-15-10-9-14(12-17-4)11-16(15)18-5;1-8-19-13(4)20-14-9-11(2)15(12(3)10-14)21(16-5,17-6)18-7;1-7-16-13(6)17-14-8-11(4)15(10(2)3)12(5)9-14;2*1-10(2)8-16-12-6-5-11(9-14-3)7-13(12)15-4;1-7(2)11-8(3)5-10(12)6-9(11)4;2*1-2;;/h9-11H,6-8,12-13H2,1-5H3;9-10,13H,8H2,1-7H3;8-10,13H,7H2,1-6H3;2*5-7,10H,8-9H2,1-4H3;5-7,12H,1-4H3;2*1-2H3;1H4;1H. The van der Waals surface area contributed by atoms with Gasteiger partial charge in [0, 0.05) is 80.9 Å². The van der Waals surface area contributed by atoms with Gasteiger partial charge in [-0.25, -0.2) is 0 Å². The van der Waals surface area contributed by atoms with Crippen molar-refractivity contribution in [2.45, 2.75) is 225 Å². The highest BCUT2D eigenvalue weighted by Gasteiger charge is 2.44. The Hall–Kier alpha value is -6.20. The van der Waals surface area contributed by atoms with Crippen LogP contribution >= 0.6 is 12.4 Å². The quantitative estimate of drug-likeness (QED) is 0.0284. The molecule has 0 radical (unpaired) electrons. The molecule has 0 aliphatic rings. The van der Waals surface area contributed by atoms with E-state index in [0.29, 0.717) is 107 Å².